The number of benzene rings is 1. The van der Waals surface area contributed by atoms with Crippen molar-refractivity contribution in [2.45, 2.75) is 36.5 Å². The zero-order valence-electron chi connectivity index (χ0n) is 14.6. The molecule has 0 amide bonds. The van der Waals surface area contributed by atoms with Crippen molar-refractivity contribution in [3.8, 4) is 5.69 Å². The van der Waals surface area contributed by atoms with Crippen molar-refractivity contribution in [3.63, 3.8) is 0 Å². The van der Waals surface area contributed by atoms with E-state index in [0.29, 0.717) is 11.8 Å². The zero-order chi connectivity index (χ0) is 17.2. The van der Waals surface area contributed by atoms with Crippen molar-refractivity contribution in [3.05, 3.63) is 40.6 Å². The Morgan fingerprint density at radius 3 is 2.84 bits per heavy atom. The van der Waals surface area contributed by atoms with E-state index in [9.17, 15) is 4.79 Å². The topological polar surface area (TPSA) is 43.1 Å². The first-order valence-corrected chi connectivity index (χ1v) is 11.0. The molecule has 1 aromatic carbocycles. The molecular weight excluding hydrogens is 352 g/mol. The second-order valence-electron chi connectivity index (χ2n) is 6.67. The first kappa shape index (κ1) is 17.2. The van der Waals surface area contributed by atoms with Gasteiger partial charge in [-0.1, -0.05) is 19.1 Å². The molecule has 1 atom stereocenters. The Morgan fingerprint density at radius 1 is 1.20 bits per heavy atom. The average Bonchev–Trinajstić information content (AvgIpc) is 2.83. The fourth-order valence-electron chi connectivity index (χ4n) is 3.50. The first-order valence-electron chi connectivity index (χ1n) is 8.97. The van der Waals surface area contributed by atoms with Crippen molar-refractivity contribution in [1.82, 2.24) is 19.2 Å². The van der Waals surface area contributed by atoms with Crippen LogP contribution in [0.4, 0.5) is 0 Å². The van der Waals surface area contributed by atoms with Crippen LogP contribution in [-0.2, 0) is 13.0 Å². The van der Waals surface area contributed by atoms with E-state index in [-0.39, 0.29) is 5.69 Å². The van der Waals surface area contributed by atoms with Crippen LogP contribution in [0.3, 0.4) is 0 Å². The molecule has 0 bridgehead atoms. The van der Waals surface area contributed by atoms with E-state index in [2.05, 4.69) is 23.0 Å². The predicted molar refractivity (Wildman–Crippen MR) is 105 cm³/mol. The quantitative estimate of drug-likeness (QED) is 0.820. The van der Waals surface area contributed by atoms with Crippen molar-refractivity contribution >= 4 is 23.5 Å². The molecule has 7 heteroatoms. The Kier molecular flexibility index (Phi) is 5.24. The Hall–Kier alpha value is -1.18. The smallest absolute Gasteiger partial charge is 0.302 e. The van der Waals surface area contributed by atoms with Gasteiger partial charge >= 0.3 is 5.69 Å². The third kappa shape index (κ3) is 3.68. The summed E-state index contributed by atoms with van der Waals surface area (Å²) in [5.74, 6) is 3.35. The summed E-state index contributed by atoms with van der Waals surface area (Å²) < 4.78 is 3.50. The Bertz CT molecular complexity index is 795. The van der Waals surface area contributed by atoms with Crippen molar-refractivity contribution < 1.29 is 0 Å². The molecule has 0 N–H and O–H groups in total. The summed E-state index contributed by atoms with van der Waals surface area (Å²) >= 11 is 3.86. The predicted octanol–water partition coefficient (Wildman–Crippen LogP) is 2.51. The molecule has 134 valence electrons. The van der Waals surface area contributed by atoms with Crippen LogP contribution in [-0.4, -0.2) is 55.6 Å². The maximum Gasteiger partial charge on any atom is 0.350 e. The van der Waals surface area contributed by atoms with Crippen LogP contribution in [0.5, 0.6) is 0 Å². The molecular formula is C18H24N4OS2. The number of para-hydroxylation sites is 1. The number of nitrogens with zero attached hydrogens (tertiary/aromatic N) is 4. The van der Waals surface area contributed by atoms with Crippen molar-refractivity contribution in [2.24, 2.45) is 0 Å². The number of hydrogen-bond acceptors (Lipinski definition) is 5. The number of hydrogen-bond donors (Lipinski definition) is 0. The summed E-state index contributed by atoms with van der Waals surface area (Å²) in [6.45, 7) is 6.29. The SMILES string of the molecule is CC1Cc2nn(CCCN3CCSCC3)c(=O)n2-c2ccccc2S1. The number of rotatable bonds is 4. The van der Waals surface area contributed by atoms with E-state index < -0.39 is 0 Å². The third-order valence-corrected chi connectivity index (χ3v) is 6.87. The third-order valence-electron chi connectivity index (χ3n) is 4.76. The maximum atomic E-state index is 13.0. The van der Waals surface area contributed by atoms with Crippen LogP contribution < -0.4 is 5.69 Å². The van der Waals surface area contributed by atoms with Gasteiger partial charge < -0.3 is 4.90 Å². The van der Waals surface area contributed by atoms with Crippen LogP contribution in [0.15, 0.2) is 34.0 Å². The van der Waals surface area contributed by atoms with Gasteiger partial charge in [-0.05, 0) is 25.1 Å². The summed E-state index contributed by atoms with van der Waals surface area (Å²) in [4.78, 5) is 16.6. The summed E-state index contributed by atoms with van der Waals surface area (Å²) in [6.07, 6.45) is 1.80. The highest BCUT2D eigenvalue weighted by atomic mass is 32.2. The zero-order valence-corrected chi connectivity index (χ0v) is 16.2. The lowest BCUT2D eigenvalue weighted by Crippen LogP contribution is -2.34. The second-order valence-corrected chi connectivity index (χ2v) is 9.37. The second kappa shape index (κ2) is 7.60. The molecule has 2 aliphatic rings. The Labute approximate surface area is 156 Å². The molecule has 1 fully saturated rings. The standard InChI is InChI=1S/C18H24N4OS2/c1-14-13-17-19-21(8-4-7-20-9-11-24-12-10-20)18(23)22(17)15-5-2-3-6-16(15)25-14/h2-3,5-6,14H,4,7-13H2,1H3. The highest BCUT2D eigenvalue weighted by molar-refractivity contribution is 8.00. The number of fused-ring (bicyclic) bond motifs is 3. The van der Waals surface area contributed by atoms with E-state index in [1.165, 1.54) is 29.5 Å². The van der Waals surface area contributed by atoms with E-state index in [4.69, 9.17) is 0 Å². The lowest BCUT2D eigenvalue weighted by Gasteiger charge is -2.25. The molecule has 4 rings (SSSR count). The minimum absolute atomic E-state index is 0.00588. The van der Waals surface area contributed by atoms with Crippen molar-refractivity contribution in [1.29, 1.82) is 0 Å². The lowest BCUT2D eigenvalue weighted by molar-refractivity contribution is 0.289. The molecule has 0 radical (unpaired) electrons. The van der Waals surface area contributed by atoms with Gasteiger partial charge in [0.2, 0.25) is 0 Å². The molecule has 1 saturated heterocycles. The van der Waals surface area contributed by atoms with Gasteiger partial charge in [-0.3, -0.25) is 0 Å². The average molecular weight is 377 g/mol. The van der Waals surface area contributed by atoms with Crippen LogP contribution in [0.1, 0.15) is 19.2 Å². The van der Waals surface area contributed by atoms with E-state index >= 15 is 0 Å². The number of aryl methyl sites for hydroxylation is 1. The Morgan fingerprint density at radius 2 is 2.00 bits per heavy atom. The van der Waals surface area contributed by atoms with Gasteiger partial charge in [-0.15, -0.1) is 11.8 Å². The summed E-state index contributed by atoms with van der Waals surface area (Å²) in [5, 5.41) is 5.09. The van der Waals surface area contributed by atoms with Gasteiger partial charge in [0, 0.05) is 47.7 Å². The fraction of sp³-hybridized carbons (Fsp3) is 0.556. The van der Waals surface area contributed by atoms with E-state index in [1.807, 2.05) is 46.3 Å². The minimum atomic E-state index is 0.00588. The van der Waals surface area contributed by atoms with Crippen LogP contribution in [0, 0.1) is 0 Å². The molecule has 5 nitrogen and oxygen atoms in total. The number of aromatic nitrogens is 3. The summed E-state index contributed by atoms with van der Waals surface area (Å²) in [7, 11) is 0. The van der Waals surface area contributed by atoms with Crippen LogP contribution in [0.2, 0.25) is 0 Å². The van der Waals surface area contributed by atoms with Crippen LogP contribution >= 0.6 is 23.5 Å². The normalized spacial score (nSPS) is 20.8. The molecule has 0 aliphatic carbocycles. The molecule has 3 heterocycles. The summed E-state index contributed by atoms with van der Waals surface area (Å²) in [5.41, 5.74) is 0.988. The monoisotopic (exact) mass is 376 g/mol. The molecule has 2 aromatic rings. The van der Waals surface area contributed by atoms with Gasteiger partial charge in [0.15, 0.2) is 0 Å². The molecule has 1 unspecified atom stereocenters. The first-order chi connectivity index (χ1) is 12.2. The highest BCUT2D eigenvalue weighted by Gasteiger charge is 2.24. The van der Waals surface area contributed by atoms with Gasteiger partial charge in [0.25, 0.3) is 0 Å². The van der Waals surface area contributed by atoms with Crippen molar-refractivity contribution in [2.75, 3.05) is 31.1 Å². The molecule has 0 spiro atoms. The lowest BCUT2D eigenvalue weighted by atomic mass is 10.3. The fourth-order valence-corrected chi connectivity index (χ4v) is 5.58. The maximum absolute atomic E-state index is 13.0. The molecule has 2 aliphatic heterocycles. The van der Waals surface area contributed by atoms with Crippen LogP contribution in [0.25, 0.3) is 5.69 Å². The van der Waals surface area contributed by atoms with E-state index in [0.717, 1.165) is 30.9 Å². The van der Waals surface area contributed by atoms with Gasteiger partial charge in [0.05, 0.1) is 5.69 Å². The van der Waals surface area contributed by atoms with Gasteiger partial charge in [-0.2, -0.15) is 16.9 Å². The molecule has 1 aromatic heterocycles. The number of thioether (sulfide) groups is 2. The Balaban J connectivity index is 1.55. The summed E-state index contributed by atoms with van der Waals surface area (Å²) in [6, 6.07) is 8.17. The minimum Gasteiger partial charge on any atom is -0.302 e. The van der Waals surface area contributed by atoms with E-state index in [1.54, 1.807) is 4.68 Å². The largest absolute Gasteiger partial charge is 0.350 e. The molecule has 25 heavy (non-hydrogen) atoms. The van der Waals surface area contributed by atoms with Gasteiger partial charge in [-0.25, -0.2) is 14.0 Å². The molecule has 0 saturated carbocycles. The van der Waals surface area contributed by atoms with Gasteiger partial charge in [0.1, 0.15) is 5.82 Å². The highest BCUT2D eigenvalue weighted by Crippen LogP contribution is 2.33.